The van der Waals surface area contributed by atoms with Gasteiger partial charge in [-0.2, -0.15) is 0 Å². The normalized spacial score (nSPS) is 10.1. The number of aryl methyl sites for hydroxylation is 2. The first kappa shape index (κ1) is 33.3. The summed E-state index contributed by atoms with van der Waals surface area (Å²) in [6, 6.07) is 12.3. The molecule has 0 bridgehead atoms. The zero-order valence-electron chi connectivity index (χ0n) is 23.2. The second-order valence-electron chi connectivity index (χ2n) is 8.26. The van der Waals surface area contributed by atoms with E-state index in [-0.39, 0.29) is 42.0 Å². The van der Waals surface area contributed by atoms with E-state index in [0.29, 0.717) is 22.0 Å². The van der Waals surface area contributed by atoms with E-state index in [1.54, 1.807) is 50.5 Å². The molecule has 4 rings (SSSR count). The fraction of sp³-hybridized carbons (Fsp3) is 0.448. The number of hydrogen-bond acceptors (Lipinski definition) is 4. The predicted octanol–water partition coefficient (Wildman–Crippen LogP) is 5.32. The molecule has 204 valence electrons. The summed E-state index contributed by atoms with van der Waals surface area (Å²) in [6.45, 7) is 17.1. The van der Waals surface area contributed by atoms with Crippen LogP contribution < -0.4 is 22.5 Å². The smallest absolute Gasteiger partial charge is 0.296 e. The lowest BCUT2D eigenvalue weighted by molar-refractivity contribution is 0.532. The van der Waals surface area contributed by atoms with E-state index in [9.17, 15) is 19.2 Å². The van der Waals surface area contributed by atoms with Gasteiger partial charge in [0.2, 0.25) is 0 Å². The highest BCUT2D eigenvalue weighted by atomic mass is 16.2. The third-order valence-corrected chi connectivity index (χ3v) is 5.44. The molecule has 0 saturated carbocycles. The monoisotopic (exact) mass is 512 g/mol. The average molecular weight is 513 g/mol. The van der Waals surface area contributed by atoms with Gasteiger partial charge < -0.3 is 0 Å². The minimum atomic E-state index is -0.277. The van der Waals surface area contributed by atoms with Crippen molar-refractivity contribution in [2.75, 3.05) is 0 Å². The van der Waals surface area contributed by atoms with Gasteiger partial charge in [0.1, 0.15) is 0 Å². The van der Waals surface area contributed by atoms with Gasteiger partial charge in [0, 0.05) is 30.9 Å². The molecule has 0 aliphatic rings. The van der Waals surface area contributed by atoms with E-state index >= 15 is 0 Å². The highest BCUT2D eigenvalue weighted by Crippen LogP contribution is 2.07. The van der Waals surface area contributed by atoms with E-state index < -0.39 is 0 Å². The Bertz CT molecular complexity index is 1420. The van der Waals surface area contributed by atoms with Crippen LogP contribution in [0, 0.1) is 6.92 Å². The minimum Gasteiger partial charge on any atom is -0.296 e. The Kier molecular flexibility index (Phi) is 13.3. The number of fused-ring (bicyclic) bond motifs is 2. The average Bonchev–Trinajstić information content (AvgIpc) is 2.88. The van der Waals surface area contributed by atoms with Gasteiger partial charge in [-0.15, -0.1) is 0 Å². The topological polar surface area (TPSA) is 87.5 Å². The molecule has 8 nitrogen and oxygen atoms in total. The van der Waals surface area contributed by atoms with E-state index in [0.717, 1.165) is 0 Å². The number of hydrogen-bond donors (Lipinski definition) is 0. The Hall–Kier alpha value is -3.68. The Morgan fingerprint density at radius 2 is 1.11 bits per heavy atom. The summed E-state index contributed by atoms with van der Waals surface area (Å²) in [4.78, 5) is 48.1. The fourth-order valence-electron chi connectivity index (χ4n) is 3.75. The lowest BCUT2D eigenvalue weighted by atomic mass is 10.2. The Morgan fingerprint density at radius 1 is 0.649 bits per heavy atom. The summed E-state index contributed by atoms with van der Waals surface area (Å²) < 4.78 is 5.58. The van der Waals surface area contributed by atoms with Crippen molar-refractivity contribution in [3.63, 3.8) is 0 Å². The number of aromatic nitrogens is 4. The van der Waals surface area contributed by atoms with E-state index in [1.807, 2.05) is 67.5 Å². The lowest BCUT2D eigenvalue weighted by Gasteiger charge is -2.12. The first-order chi connectivity index (χ1) is 17.1. The summed E-state index contributed by atoms with van der Waals surface area (Å²) in [5, 5.41) is 0.582. The molecule has 37 heavy (non-hydrogen) atoms. The highest BCUT2D eigenvalue weighted by molar-refractivity contribution is 5.77. The predicted molar refractivity (Wildman–Crippen MR) is 156 cm³/mol. The van der Waals surface area contributed by atoms with Gasteiger partial charge >= 0.3 is 11.4 Å². The number of rotatable bonds is 2. The zero-order valence-corrected chi connectivity index (χ0v) is 23.2. The molecule has 3 aromatic heterocycles. The molecule has 0 N–H and O–H groups in total. The Morgan fingerprint density at radius 3 is 1.65 bits per heavy atom. The van der Waals surface area contributed by atoms with Crippen LogP contribution in [0.5, 0.6) is 0 Å². The standard InChI is InChI=1S/2C12H14N2O2.2C2H6.CH4/c1-8(2)14-11(15)9-6-4-5-7-10(9)13(3)12(14)16;1-8(2)14-11(15)9(3)10-6-4-5-7-13(10)12(14)16;2*1-2;/h2*4-8H,1-3H3;2*1-2H3;1H4. The largest absolute Gasteiger partial charge is 0.335 e. The summed E-state index contributed by atoms with van der Waals surface area (Å²) >= 11 is 0. The maximum Gasteiger partial charge on any atom is 0.335 e. The zero-order chi connectivity index (χ0) is 27.7. The molecule has 4 aromatic rings. The van der Waals surface area contributed by atoms with Gasteiger partial charge in [-0.05, 0) is 58.9 Å². The Balaban J connectivity index is 0.000000603. The van der Waals surface area contributed by atoms with E-state index in [4.69, 9.17) is 0 Å². The third-order valence-electron chi connectivity index (χ3n) is 5.44. The van der Waals surface area contributed by atoms with Crippen LogP contribution in [0.3, 0.4) is 0 Å². The molecule has 8 heteroatoms. The molecule has 0 unspecified atom stereocenters. The summed E-state index contributed by atoms with van der Waals surface area (Å²) in [5.74, 6) is 0. The van der Waals surface area contributed by atoms with Crippen molar-refractivity contribution in [3.8, 4) is 0 Å². The van der Waals surface area contributed by atoms with E-state index in [2.05, 4.69) is 0 Å². The Labute approximate surface area is 219 Å². The molecule has 0 atom stereocenters. The molecule has 0 fully saturated rings. The van der Waals surface area contributed by atoms with Crippen LogP contribution in [-0.4, -0.2) is 18.1 Å². The number of para-hydroxylation sites is 1. The molecule has 0 aliphatic carbocycles. The second kappa shape index (κ2) is 14.8. The van der Waals surface area contributed by atoms with Crippen LogP contribution in [0.15, 0.2) is 67.8 Å². The number of benzene rings is 1. The van der Waals surface area contributed by atoms with Crippen LogP contribution in [0.4, 0.5) is 0 Å². The summed E-state index contributed by atoms with van der Waals surface area (Å²) in [7, 11) is 1.68. The van der Waals surface area contributed by atoms with Crippen LogP contribution in [-0.2, 0) is 7.05 Å². The van der Waals surface area contributed by atoms with Crippen molar-refractivity contribution >= 4 is 16.4 Å². The maximum absolute atomic E-state index is 12.1. The molecule has 0 saturated heterocycles. The molecule has 1 aromatic carbocycles. The molecule has 0 radical (unpaired) electrons. The van der Waals surface area contributed by atoms with Crippen LogP contribution >= 0.6 is 0 Å². The fourth-order valence-corrected chi connectivity index (χ4v) is 3.75. The van der Waals surface area contributed by atoms with Crippen molar-refractivity contribution in [3.05, 3.63) is 95.9 Å². The first-order valence-electron chi connectivity index (χ1n) is 12.5. The van der Waals surface area contributed by atoms with Gasteiger partial charge in [-0.3, -0.25) is 27.7 Å². The van der Waals surface area contributed by atoms with Gasteiger partial charge in [-0.1, -0.05) is 53.3 Å². The van der Waals surface area contributed by atoms with Crippen LogP contribution in [0.1, 0.15) is 80.5 Å². The molecule has 0 amide bonds. The molecule has 0 spiro atoms. The third kappa shape index (κ3) is 6.76. The van der Waals surface area contributed by atoms with Crippen molar-refractivity contribution in [1.29, 1.82) is 0 Å². The maximum atomic E-state index is 12.1. The van der Waals surface area contributed by atoms with Crippen molar-refractivity contribution in [2.24, 2.45) is 7.05 Å². The van der Waals surface area contributed by atoms with Gasteiger partial charge in [-0.25, -0.2) is 9.59 Å². The minimum absolute atomic E-state index is 0. The van der Waals surface area contributed by atoms with Gasteiger partial charge in [0.15, 0.2) is 0 Å². The van der Waals surface area contributed by atoms with Crippen molar-refractivity contribution < 1.29 is 0 Å². The lowest BCUT2D eigenvalue weighted by Crippen LogP contribution is -2.40. The second-order valence-corrected chi connectivity index (χ2v) is 8.26. The summed E-state index contributed by atoms with van der Waals surface area (Å²) in [5.41, 5.74) is 0.998. The van der Waals surface area contributed by atoms with Crippen LogP contribution in [0.2, 0.25) is 0 Å². The molecular weight excluding hydrogens is 468 g/mol. The van der Waals surface area contributed by atoms with Gasteiger partial charge in [0.25, 0.3) is 11.1 Å². The molecule has 0 aliphatic heterocycles. The molecular formula is C29H44N4O4. The SMILES string of the molecule is C.CC.CC.CC(C)n1c(=O)c2ccccc2n(C)c1=O.Cc1c(=O)n(C(C)C)c(=O)n2ccccc12. The van der Waals surface area contributed by atoms with Crippen molar-refractivity contribution in [2.45, 2.75) is 81.8 Å². The first-order valence-corrected chi connectivity index (χ1v) is 12.5. The number of pyridine rings is 1. The summed E-state index contributed by atoms with van der Waals surface area (Å²) in [6.07, 6.45) is 1.68. The van der Waals surface area contributed by atoms with Gasteiger partial charge in [0.05, 0.1) is 16.4 Å². The quantitative estimate of drug-likeness (QED) is 0.364. The molecule has 3 heterocycles. The van der Waals surface area contributed by atoms with Crippen molar-refractivity contribution in [1.82, 2.24) is 18.1 Å². The van der Waals surface area contributed by atoms with E-state index in [1.165, 1.54) is 18.1 Å². The number of nitrogens with zero attached hydrogens (tertiary/aromatic N) is 4. The highest BCUT2D eigenvalue weighted by Gasteiger charge is 2.13. The van der Waals surface area contributed by atoms with Crippen LogP contribution in [0.25, 0.3) is 16.4 Å².